The second kappa shape index (κ2) is 6.00. The van der Waals surface area contributed by atoms with Gasteiger partial charge in [0.1, 0.15) is 0 Å². The highest BCUT2D eigenvalue weighted by molar-refractivity contribution is 5.21. The number of nitrogens with zero attached hydrogens (tertiary/aromatic N) is 2. The van der Waals surface area contributed by atoms with Crippen LogP contribution < -0.4 is 5.43 Å². The summed E-state index contributed by atoms with van der Waals surface area (Å²) in [5, 5.41) is 9.62. The van der Waals surface area contributed by atoms with E-state index in [-0.39, 0.29) is 17.2 Å². The van der Waals surface area contributed by atoms with Crippen LogP contribution in [0.3, 0.4) is 0 Å². The molecule has 1 saturated heterocycles. The quantitative estimate of drug-likeness (QED) is 0.924. The van der Waals surface area contributed by atoms with Crippen LogP contribution in [0.15, 0.2) is 17.1 Å². The van der Waals surface area contributed by atoms with E-state index in [4.69, 9.17) is 0 Å². The molecule has 2 atom stereocenters. The summed E-state index contributed by atoms with van der Waals surface area (Å²) in [6.45, 7) is 11.6. The molecule has 0 bridgehead atoms. The minimum absolute atomic E-state index is 0.164. The zero-order valence-electron chi connectivity index (χ0n) is 13.0. The number of hydrogen-bond donors (Lipinski definition) is 1. The Morgan fingerprint density at radius 1 is 1.30 bits per heavy atom. The molecule has 0 saturated carbocycles. The standard InChI is InChI=1S/C16H26N2O2/c1-11(2)18-10-16(20)15(19)6-14(18)9-17-7-12(3)5-13(4)8-17/h6,10-13,20H,5,7-9H2,1-4H3. The molecule has 2 rings (SSSR count). The lowest BCUT2D eigenvalue weighted by molar-refractivity contribution is 0.130. The van der Waals surface area contributed by atoms with Gasteiger partial charge in [0.25, 0.3) is 0 Å². The molecule has 0 aromatic carbocycles. The average Bonchev–Trinajstić information content (AvgIpc) is 2.31. The molecule has 1 aliphatic rings. The summed E-state index contributed by atoms with van der Waals surface area (Å²) in [4.78, 5) is 14.1. The number of aromatic nitrogens is 1. The molecule has 2 unspecified atom stereocenters. The van der Waals surface area contributed by atoms with Crippen LogP contribution in [-0.2, 0) is 6.54 Å². The first-order valence-electron chi connectivity index (χ1n) is 7.53. The summed E-state index contributed by atoms with van der Waals surface area (Å²) in [5.41, 5.74) is 0.708. The van der Waals surface area contributed by atoms with Crippen LogP contribution in [0.25, 0.3) is 0 Å². The summed E-state index contributed by atoms with van der Waals surface area (Å²) in [7, 11) is 0. The summed E-state index contributed by atoms with van der Waals surface area (Å²) < 4.78 is 2.00. The van der Waals surface area contributed by atoms with Crippen LogP contribution in [0.5, 0.6) is 5.75 Å². The normalized spacial score (nSPS) is 24.2. The molecule has 1 aliphatic heterocycles. The molecule has 0 aliphatic carbocycles. The van der Waals surface area contributed by atoms with Crippen LogP contribution in [0, 0.1) is 11.8 Å². The Labute approximate surface area is 121 Å². The number of pyridine rings is 1. The van der Waals surface area contributed by atoms with Crippen molar-refractivity contribution < 1.29 is 5.11 Å². The van der Waals surface area contributed by atoms with Crippen LogP contribution >= 0.6 is 0 Å². The molecular formula is C16H26N2O2. The summed E-state index contributed by atoms with van der Waals surface area (Å²) in [6, 6.07) is 1.82. The van der Waals surface area contributed by atoms with E-state index in [1.54, 1.807) is 12.3 Å². The van der Waals surface area contributed by atoms with Gasteiger partial charge >= 0.3 is 0 Å². The first kappa shape index (κ1) is 15.1. The third kappa shape index (κ3) is 3.42. The molecule has 4 nitrogen and oxygen atoms in total. The third-order valence-electron chi connectivity index (χ3n) is 4.03. The molecule has 1 aromatic heterocycles. The highest BCUT2D eigenvalue weighted by Crippen LogP contribution is 2.23. The zero-order valence-corrected chi connectivity index (χ0v) is 13.0. The topological polar surface area (TPSA) is 45.5 Å². The molecule has 112 valence electrons. The Balaban J connectivity index is 2.24. The SMILES string of the molecule is CC1CC(C)CN(Cc2cc(=O)c(O)cn2C(C)C)C1. The van der Waals surface area contributed by atoms with E-state index in [1.807, 2.05) is 4.57 Å². The lowest BCUT2D eigenvalue weighted by atomic mass is 9.92. The van der Waals surface area contributed by atoms with E-state index in [1.165, 1.54) is 6.42 Å². The number of piperidine rings is 1. The van der Waals surface area contributed by atoms with E-state index in [9.17, 15) is 9.90 Å². The Kier molecular flexibility index (Phi) is 4.53. The van der Waals surface area contributed by atoms with Gasteiger partial charge in [-0.05, 0) is 32.1 Å². The second-order valence-corrected chi connectivity index (χ2v) is 6.66. The molecule has 1 fully saturated rings. The lowest BCUT2D eigenvalue weighted by Gasteiger charge is -2.35. The van der Waals surface area contributed by atoms with Gasteiger partial charge in [0.05, 0.1) is 6.20 Å². The molecule has 1 aromatic rings. The van der Waals surface area contributed by atoms with Crippen LogP contribution in [0.4, 0.5) is 0 Å². The van der Waals surface area contributed by atoms with Crippen molar-refractivity contribution in [3.63, 3.8) is 0 Å². The molecule has 0 spiro atoms. The zero-order chi connectivity index (χ0) is 14.9. The predicted octanol–water partition coefficient (Wildman–Crippen LogP) is 2.61. The Bertz CT molecular complexity index is 512. The largest absolute Gasteiger partial charge is 0.503 e. The Hall–Kier alpha value is -1.29. The van der Waals surface area contributed by atoms with Crippen molar-refractivity contribution in [1.29, 1.82) is 0 Å². The van der Waals surface area contributed by atoms with Crippen molar-refractivity contribution in [3.05, 3.63) is 28.2 Å². The molecular weight excluding hydrogens is 252 g/mol. The van der Waals surface area contributed by atoms with E-state index in [0.717, 1.165) is 25.3 Å². The maximum atomic E-state index is 11.7. The lowest BCUT2D eigenvalue weighted by Crippen LogP contribution is -2.39. The van der Waals surface area contributed by atoms with E-state index in [0.29, 0.717) is 11.8 Å². The summed E-state index contributed by atoms with van der Waals surface area (Å²) in [6.07, 6.45) is 2.85. The molecule has 2 heterocycles. The van der Waals surface area contributed by atoms with Crippen molar-refractivity contribution in [3.8, 4) is 5.75 Å². The summed E-state index contributed by atoms with van der Waals surface area (Å²) in [5.74, 6) is 1.24. The number of hydrogen-bond acceptors (Lipinski definition) is 3. The fourth-order valence-electron chi connectivity index (χ4n) is 3.34. The third-order valence-corrected chi connectivity index (χ3v) is 4.03. The predicted molar refractivity (Wildman–Crippen MR) is 81.0 cm³/mol. The van der Waals surface area contributed by atoms with Gasteiger partial charge in [-0.2, -0.15) is 0 Å². The van der Waals surface area contributed by atoms with E-state index in [2.05, 4.69) is 32.6 Å². The molecule has 1 N–H and O–H groups in total. The van der Waals surface area contributed by atoms with Crippen LogP contribution in [0.2, 0.25) is 0 Å². The van der Waals surface area contributed by atoms with Gasteiger partial charge in [-0.3, -0.25) is 9.69 Å². The minimum Gasteiger partial charge on any atom is -0.503 e. The van der Waals surface area contributed by atoms with Gasteiger partial charge in [-0.1, -0.05) is 13.8 Å². The molecule has 0 amide bonds. The highest BCUT2D eigenvalue weighted by Gasteiger charge is 2.22. The maximum absolute atomic E-state index is 11.7. The van der Waals surface area contributed by atoms with Crippen molar-refractivity contribution >= 4 is 0 Å². The second-order valence-electron chi connectivity index (χ2n) is 6.66. The average molecular weight is 278 g/mol. The fourth-order valence-corrected chi connectivity index (χ4v) is 3.34. The van der Waals surface area contributed by atoms with Gasteiger partial charge < -0.3 is 9.67 Å². The van der Waals surface area contributed by atoms with Gasteiger partial charge in [0.15, 0.2) is 5.75 Å². The van der Waals surface area contributed by atoms with E-state index >= 15 is 0 Å². The highest BCUT2D eigenvalue weighted by atomic mass is 16.3. The maximum Gasteiger partial charge on any atom is 0.223 e. The van der Waals surface area contributed by atoms with Gasteiger partial charge in [-0.15, -0.1) is 0 Å². The first-order chi connectivity index (χ1) is 9.36. The van der Waals surface area contributed by atoms with Crippen molar-refractivity contribution in [2.75, 3.05) is 13.1 Å². The van der Waals surface area contributed by atoms with Gasteiger partial charge in [0.2, 0.25) is 5.43 Å². The summed E-state index contributed by atoms with van der Waals surface area (Å²) >= 11 is 0. The number of rotatable bonds is 3. The number of aromatic hydroxyl groups is 1. The molecule has 0 radical (unpaired) electrons. The first-order valence-corrected chi connectivity index (χ1v) is 7.53. The van der Waals surface area contributed by atoms with Crippen molar-refractivity contribution in [2.45, 2.75) is 46.7 Å². The van der Waals surface area contributed by atoms with Gasteiger partial charge in [0, 0.05) is 37.4 Å². The van der Waals surface area contributed by atoms with E-state index < -0.39 is 0 Å². The van der Waals surface area contributed by atoms with Crippen LogP contribution in [0.1, 0.15) is 45.9 Å². The smallest absolute Gasteiger partial charge is 0.223 e. The molecule has 4 heteroatoms. The fraction of sp³-hybridized carbons (Fsp3) is 0.688. The van der Waals surface area contributed by atoms with Crippen molar-refractivity contribution in [2.24, 2.45) is 11.8 Å². The monoisotopic (exact) mass is 278 g/mol. The minimum atomic E-state index is -0.282. The Morgan fingerprint density at radius 3 is 2.45 bits per heavy atom. The van der Waals surface area contributed by atoms with Crippen LogP contribution in [-0.4, -0.2) is 27.7 Å². The number of likely N-dealkylation sites (tertiary alicyclic amines) is 1. The van der Waals surface area contributed by atoms with Crippen molar-refractivity contribution in [1.82, 2.24) is 9.47 Å². The Morgan fingerprint density at radius 2 is 1.90 bits per heavy atom. The van der Waals surface area contributed by atoms with Gasteiger partial charge in [-0.25, -0.2) is 0 Å². The molecule has 20 heavy (non-hydrogen) atoms.